The maximum atomic E-state index is 5.29. The number of pyridine rings is 3. The first-order valence-corrected chi connectivity index (χ1v) is 15.9. The molecule has 0 aliphatic carbocycles. The second-order valence-corrected chi connectivity index (χ2v) is 12.7. The number of rotatable bonds is 8. The van der Waals surface area contributed by atoms with Gasteiger partial charge in [0.05, 0.1) is 22.3 Å². The Hall–Kier alpha value is -4.92. The van der Waals surface area contributed by atoms with Crippen LogP contribution >= 0.6 is 7.92 Å². The van der Waals surface area contributed by atoms with Crippen molar-refractivity contribution < 1.29 is 0 Å². The van der Waals surface area contributed by atoms with Gasteiger partial charge < -0.3 is 5.32 Å². The fourth-order valence-corrected chi connectivity index (χ4v) is 8.20. The van der Waals surface area contributed by atoms with Crippen LogP contribution in [0.2, 0.25) is 0 Å². The van der Waals surface area contributed by atoms with Crippen LogP contribution in [0.15, 0.2) is 134 Å². The van der Waals surface area contributed by atoms with Gasteiger partial charge in [0.25, 0.3) is 0 Å². The van der Waals surface area contributed by atoms with Gasteiger partial charge >= 0.3 is 0 Å². The molecule has 1 unspecified atom stereocenters. The minimum atomic E-state index is -1.08. The molecular formula is C38H31N4P. The summed E-state index contributed by atoms with van der Waals surface area (Å²) in [6.07, 6.45) is 10.7. The Morgan fingerprint density at radius 1 is 0.698 bits per heavy atom. The van der Waals surface area contributed by atoms with Crippen LogP contribution < -0.4 is 21.5 Å². The fourth-order valence-electron chi connectivity index (χ4n) is 5.81. The van der Waals surface area contributed by atoms with E-state index in [1.165, 1.54) is 37.6 Å². The molecule has 1 N–H and O–H groups in total. The molecule has 5 heteroatoms. The summed E-state index contributed by atoms with van der Waals surface area (Å²) in [7, 11) is 0.813. The maximum absolute atomic E-state index is 5.29. The summed E-state index contributed by atoms with van der Waals surface area (Å²) < 4.78 is 0. The molecule has 43 heavy (non-hydrogen) atoms. The van der Waals surface area contributed by atoms with Crippen LogP contribution in [0, 0.1) is 6.92 Å². The Balaban J connectivity index is 1.45. The normalized spacial score (nSPS) is 12.7. The number of benzene rings is 4. The number of aromatic nitrogens is 3. The Morgan fingerprint density at radius 3 is 2.30 bits per heavy atom. The molecule has 7 aromatic rings. The van der Waals surface area contributed by atoms with Gasteiger partial charge in [0, 0.05) is 33.3 Å². The molecule has 4 aromatic carbocycles. The summed E-state index contributed by atoms with van der Waals surface area (Å²) in [4.78, 5) is 15.2. The molecule has 3 aromatic heterocycles. The Morgan fingerprint density at radius 2 is 1.49 bits per heavy atom. The third kappa shape index (κ3) is 5.27. The van der Waals surface area contributed by atoms with Gasteiger partial charge in [-0.05, 0) is 98.8 Å². The lowest BCUT2D eigenvalue weighted by atomic mass is 9.94. The third-order valence-corrected chi connectivity index (χ3v) is 9.98. The highest BCUT2D eigenvalue weighted by atomic mass is 31.1. The van der Waals surface area contributed by atoms with Gasteiger partial charge in [0.2, 0.25) is 0 Å². The summed E-state index contributed by atoms with van der Waals surface area (Å²) in [6, 6.07) is 36.9. The smallest absolute Gasteiger partial charge is 0.0896 e. The van der Waals surface area contributed by atoms with Crippen LogP contribution in [0.4, 0.5) is 0 Å². The van der Waals surface area contributed by atoms with Gasteiger partial charge in [-0.15, -0.1) is 0 Å². The molecule has 208 valence electrons. The lowest BCUT2D eigenvalue weighted by Crippen LogP contribution is -2.26. The number of allylic oxidation sites excluding steroid dienone is 3. The van der Waals surface area contributed by atoms with Crippen molar-refractivity contribution in [2.24, 2.45) is 0 Å². The second-order valence-electron chi connectivity index (χ2n) is 10.6. The lowest BCUT2D eigenvalue weighted by Gasteiger charge is -2.22. The van der Waals surface area contributed by atoms with E-state index in [0.717, 1.165) is 39.9 Å². The molecule has 0 saturated carbocycles. The zero-order valence-electron chi connectivity index (χ0n) is 24.2. The van der Waals surface area contributed by atoms with Crippen molar-refractivity contribution in [1.29, 1.82) is 0 Å². The van der Waals surface area contributed by atoms with Crippen LogP contribution in [0.25, 0.3) is 43.7 Å². The monoisotopic (exact) mass is 574 g/mol. The number of hydrogen-bond donors (Lipinski definition) is 1. The zero-order chi connectivity index (χ0) is 29.2. The van der Waals surface area contributed by atoms with Crippen molar-refractivity contribution in [2.75, 3.05) is 7.05 Å². The zero-order valence-corrected chi connectivity index (χ0v) is 25.1. The molecule has 0 amide bonds. The first-order chi connectivity index (χ1) is 21.2. The van der Waals surface area contributed by atoms with Gasteiger partial charge in [0.1, 0.15) is 0 Å². The third-order valence-electron chi connectivity index (χ3n) is 7.72. The predicted octanol–water partition coefficient (Wildman–Crippen LogP) is 7.33. The van der Waals surface area contributed by atoms with E-state index in [4.69, 9.17) is 9.97 Å². The van der Waals surface area contributed by atoms with E-state index in [1.807, 2.05) is 43.7 Å². The molecular weight excluding hydrogens is 543 g/mol. The minimum absolute atomic E-state index is 0.754. The van der Waals surface area contributed by atoms with Crippen molar-refractivity contribution in [3.05, 3.63) is 145 Å². The molecule has 3 heterocycles. The van der Waals surface area contributed by atoms with E-state index in [9.17, 15) is 0 Å². The van der Waals surface area contributed by atoms with Crippen LogP contribution in [0.5, 0.6) is 0 Å². The summed E-state index contributed by atoms with van der Waals surface area (Å²) in [5.41, 5.74) is 6.03. The molecule has 1 atom stereocenters. The van der Waals surface area contributed by atoms with Crippen molar-refractivity contribution in [2.45, 2.75) is 13.3 Å². The van der Waals surface area contributed by atoms with E-state index < -0.39 is 7.92 Å². The van der Waals surface area contributed by atoms with Gasteiger partial charge in [-0.25, -0.2) is 4.98 Å². The molecule has 0 saturated heterocycles. The Kier molecular flexibility index (Phi) is 7.37. The van der Waals surface area contributed by atoms with Crippen LogP contribution in [0.1, 0.15) is 11.3 Å². The summed E-state index contributed by atoms with van der Waals surface area (Å²) in [6.45, 7) is 2.14. The number of nitrogens with zero attached hydrogens (tertiary/aromatic N) is 3. The number of aryl methyl sites for hydroxylation is 1. The fraction of sp³-hybridized carbons (Fsp3) is 0.0789. The first kappa shape index (κ1) is 26.9. The van der Waals surface area contributed by atoms with Crippen molar-refractivity contribution in [3.63, 3.8) is 0 Å². The van der Waals surface area contributed by atoms with Crippen LogP contribution in [-0.2, 0) is 6.42 Å². The molecule has 0 spiro atoms. The molecule has 0 aliphatic heterocycles. The molecule has 0 radical (unpaired) electrons. The van der Waals surface area contributed by atoms with Crippen molar-refractivity contribution >= 4 is 56.4 Å². The quantitative estimate of drug-likeness (QED) is 0.117. The Bertz CT molecular complexity index is 2100. The van der Waals surface area contributed by atoms with Crippen molar-refractivity contribution in [1.82, 2.24) is 20.3 Å². The van der Waals surface area contributed by atoms with E-state index in [1.54, 1.807) is 0 Å². The van der Waals surface area contributed by atoms with E-state index in [-0.39, 0.29) is 0 Å². The maximum Gasteiger partial charge on any atom is 0.0896 e. The van der Waals surface area contributed by atoms with Crippen LogP contribution in [0.3, 0.4) is 0 Å². The molecule has 4 nitrogen and oxygen atoms in total. The summed E-state index contributed by atoms with van der Waals surface area (Å²) in [5.74, 6) is 0. The highest BCUT2D eigenvalue weighted by molar-refractivity contribution is 7.79. The van der Waals surface area contributed by atoms with Gasteiger partial charge in [0.15, 0.2) is 0 Å². The topological polar surface area (TPSA) is 50.7 Å². The largest absolute Gasteiger partial charge is 0.394 e. The van der Waals surface area contributed by atoms with Crippen molar-refractivity contribution in [3.8, 4) is 11.4 Å². The molecule has 0 bridgehead atoms. The molecule has 7 rings (SSSR count). The second kappa shape index (κ2) is 11.8. The molecule has 0 aliphatic rings. The Labute approximate surface area is 253 Å². The standard InChI is InChI=1S/C38H31N4P/c1-26-24-33(32-14-5-7-23-40-32)42-36(25-26)43(35-15-9-13-30(41-35)12-4-3-6-22-39-2)34-21-19-29-17-16-27-10-8-11-28-18-20-31(34)38(29)37(27)28/h3-11,13-25,39H,12H2,1-2H3/b4-3-,22-6-. The highest BCUT2D eigenvalue weighted by Crippen LogP contribution is 2.40. The molecule has 0 fully saturated rings. The van der Waals surface area contributed by atoms with Gasteiger partial charge in [-0.3, -0.25) is 9.97 Å². The van der Waals surface area contributed by atoms with E-state index >= 15 is 0 Å². The van der Waals surface area contributed by atoms with E-state index in [2.05, 4.69) is 114 Å². The van der Waals surface area contributed by atoms with Gasteiger partial charge in [-0.1, -0.05) is 78.9 Å². The average molecular weight is 575 g/mol. The van der Waals surface area contributed by atoms with Crippen LogP contribution in [-0.4, -0.2) is 22.0 Å². The first-order valence-electron chi connectivity index (χ1n) is 14.5. The minimum Gasteiger partial charge on any atom is -0.394 e. The number of hydrogen-bond acceptors (Lipinski definition) is 4. The average Bonchev–Trinajstić information content (AvgIpc) is 3.05. The highest BCUT2D eigenvalue weighted by Gasteiger charge is 2.24. The number of nitrogens with one attached hydrogen (secondary N) is 1. The predicted molar refractivity (Wildman–Crippen MR) is 183 cm³/mol. The summed E-state index contributed by atoms with van der Waals surface area (Å²) in [5, 5.41) is 12.0. The SMILES string of the molecule is CN/C=C\C=C/Cc1cccc(P(c2cc(C)cc(-c3ccccn3)n2)c2ccc3ccc4cccc5ccc2c3c45)n1. The van der Waals surface area contributed by atoms with E-state index in [0.29, 0.717) is 0 Å². The summed E-state index contributed by atoms with van der Waals surface area (Å²) >= 11 is 0. The van der Waals surface area contributed by atoms with Gasteiger partial charge in [-0.2, -0.15) is 0 Å². The lowest BCUT2D eigenvalue weighted by molar-refractivity contribution is 1.10.